The standard InChI is InChI=1S/C31H28ClFN2O3/c1-38-28-10-6-5-9-25(28)20-34-31(37)30(24-7-3-2-4-8-24)35(21-23-13-17-27(33)18-14-23)29(36)19-22-11-15-26(32)16-12-22/h2-18,30H,19-21H2,1H3,(H,34,37)/t30-/m1/s1. The quantitative estimate of drug-likeness (QED) is 0.269. The molecular formula is C31H28ClFN2O3. The number of nitrogens with one attached hydrogen (secondary N) is 1. The average molecular weight is 531 g/mol. The molecule has 194 valence electrons. The molecule has 2 amide bonds. The minimum Gasteiger partial charge on any atom is -0.496 e. The average Bonchev–Trinajstić information content (AvgIpc) is 2.94. The number of carbonyl (C=O) groups excluding carboxylic acids is 2. The zero-order valence-corrected chi connectivity index (χ0v) is 21.7. The van der Waals surface area contributed by atoms with Gasteiger partial charge in [-0.3, -0.25) is 9.59 Å². The monoisotopic (exact) mass is 530 g/mol. The van der Waals surface area contributed by atoms with Crippen LogP contribution in [0.25, 0.3) is 0 Å². The molecule has 0 heterocycles. The Bertz CT molecular complexity index is 1360. The van der Waals surface area contributed by atoms with Gasteiger partial charge >= 0.3 is 0 Å². The number of hydrogen-bond donors (Lipinski definition) is 1. The van der Waals surface area contributed by atoms with Crippen LogP contribution in [0, 0.1) is 5.82 Å². The van der Waals surface area contributed by atoms with Gasteiger partial charge in [-0.1, -0.05) is 84.4 Å². The second kappa shape index (κ2) is 12.9. The molecule has 0 spiro atoms. The lowest BCUT2D eigenvalue weighted by Gasteiger charge is -2.32. The minimum absolute atomic E-state index is 0.0709. The van der Waals surface area contributed by atoms with Crippen LogP contribution in [0.5, 0.6) is 5.75 Å². The van der Waals surface area contributed by atoms with E-state index in [4.69, 9.17) is 16.3 Å². The number of para-hydroxylation sites is 1. The predicted molar refractivity (Wildman–Crippen MR) is 146 cm³/mol. The SMILES string of the molecule is COc1ccccc1CNC(=O)[C@@H](c1ccccc1)N(Cc1ccc(F)cc1)C(=O)Cc1ccc(Cl)cc1. The van der Waals surface area contributed by atoms with E-state index < -0.39 is 6.04 Å². The van der Waals surface area contributed by atoms with Crippen molar-refractivity contribution in [2.45, 2.75) is 25.6 Å². The van der Waals surface area contributed by atoms with Crippen molar-refractivity contribution >= 4 is 23.4 Å². The summed E-state index contributed by atoms with van der Waals surface area (Å²) >= 11 is 6.02. The van der Waals surface area contributed by atoms with E-state index in [-0.39, 0.29) is 37.1 Å². The van der Waals surface area contributed by atoms with Gasteiger partial charge in [-0.05, 0) is 47.0 Å². The fraction of sp³-hybridized carbons (Fsp3) is 0.161. The van der Waals surface area contributed by atoms with Crippen LogP contribution >= 0.6 is 11.6 Å². The molecule has 0 bridgehead atoms. The molecule has 4 aromatic carbocycles. The molecule has 7 heteroatoms. The summed E-state index contributed by atoms with van der Waals surface area (Å²) < 4.78 is 19.0. The Morgan fingerprint density at radius 2 is 1.50 bits per heavy atom. The summed E-state index contributed by atoms with van der Waals surface area (Å²) in [7, 11) is 1.58. The Balaban J connectivity index is 1.67. The Labute approximate surface area is 226 Å². The van der Waals surface area contributed by atoms with E-state index in [0.717, 1.165) is 11.1 Å². The van der Waals surface area contributed by atoms with E-state index in [0.29, 0.717) is 21.9 Å². The second-order valence-electron chi connectivity index (χ2n) is 8.79. The van der Waals surface area contributed by atoms with Gasteiger partial charge in [-0.2, -0.15) is 0 Å². The molecule has 4 rings (SSSR count). The highest BCUT2D eigenvalue weighted by Crippen LogP contribution is 2.26. The van der Waals surface area contributed by atoms with Crippen LogP contribution in [0.2, 0.25) is 5.02 Å². The number of halogens is 2. The maximum Gasteiger partial charge on any atom is 0.247 e. The number of rotatable bonds is 10. The van der Waals surface area contributed by atoms with Crippen LogP contribution < -0.4 is 10.1 Å². The summed E-state index contributed by atoms with van der Waals surface area (Å²) in [5.74, 6) is -0.306. The van der Waals surface area contributed by atoms with E-state index in [1.807, 2.05) is 54.6 Å². The van der Waals surface area contributed by atoms with Crippen molar-refractivity contribution in [2.75, 3.05) is 7.11 Å². The Kier molecular flexibility index (Phi) is 9.11. The van der Waals surface area contributed by atoms with Gasteiger partial charge in [0.05, 0.1) is 13.5 Å². The van der Waals surface area contributed by atoms with Gasteiger partial charge in [0.2, 0.25) is 11.8 Å². The smallest absolute Gasteiger partial charge is 0.247 e. The third kappa shape index (κ3) is 6.99. The molecule has 0 aromatic heterocycles. The fourth-order valence-electron chi connectivity index (χ4n) is 4.22. The lowest BCUT2D eigenvalue weighted by molar-refractivity contribution is -0.141. The second-order valence-corrected chi connectivity index (χ2v) is 9.23. The highest BCUT2D eigenvalue weighted by Gasteiger charge is 2.31. The molecule has 5 nitrogen and oxygen atoms in total. The molecule has 0 aliphatic rings. The van der Waals surface area contributed by atoms with Crippen molar-refractivity contribution in [3.05, 3.63) is 136 Å². The molecule has 0 saturated heterocycles. The highest BCUT2D eigenvalue weighted by atomic mass is 35.5. The first-order valence-corrected chi connectivity index (χ1v) is 12.6. The van der Waals surface area contributed by atoms with Gasteiger partial charge < -0.3 is 15.0 Å². The number of methoxy groups -OCH3 is 1. The zero-order chi connectivity index (χ0) is 26.9. The van der Waals surface area contributed by atoms with E-state index in [9.17, 15) is 14.0 Å². The van der Waals surface area contributed by atoms with Gasteiger partial charge in [0.15, 0.2) is 0 Å². The fourth-order valence-corrected chi connectivity index (χ4v) is 4.35. The summed E-state index contributed by atoms with van der Waals surface area (Å²) in [6.07, 6.45) is 0.0709. The summed E-state index contributed by atoms with van der Waals surface area (Å²) in [6, 6.07) is 28.6. The van der Waals surface area contributed by atoms with Crippen molar-refractivity contribution < 1.29 is 18.7 Å². The molecular weight excluding hydrogens is 503 g/mol. The van der Waals surface area contributed by atoms with Gasteiger partial charge in [0.1, 0.15) is 17.6 Å². The summed E-state index contributed by atoms with van der Waals surface area (Å²) in [5.41, 5.74) is 2.95. The van der Waals surface area contributed by atoms with Crippen molar-refractivity contribution in [2.24, 2.45) is 0 Å². The van der Waals surface area contributed by atoms with Crippen LogP contribution in [-0.4, -0.2) is 23.8 Å². The summed E-state index contributed by atoms with van der Waals surface area (Å²) in [6.45, 7) is 0.344. The Hall–Kier alpha value is -4.16. The molecule has 0 unspecified atom stereocenters. The molecule has 0 saturated carbocycles. The number of hydrogen-bond acceptors (Lipinski definition) is 3. The topological polar surface area (TPSA) is 58.6 Å². The molecule has 1 atom stereocenters. The molecule has 0 aliphatic carbocycles. The number of ether oxygens (including phenoxy) is 1. The predicted octanol–water partition coefficient (Wildman–Crippen LogP) is 6.12. The molecule has 0 fully saturated rings. The van der Waals surface area contributed by atoms with Crippen molar-refractivity contribution in [1.29, 1.82) is 0 Å². The first kappa shape index (κ1) is 26.9. The largest absolute Gasteiger partial charge is 0.496 e. The highest BCUT2D eigenvalue weighted by molar-refractivity contribution is 6.30. The molecule has 0 aliphatic heterocycles. The zero-order valence-electron chi connectivity index (χ0n) is 20.9. The van der Waals surface area contributed by atoms with Crippen LogP contribution in [0.3, 0.4) is 0 Å². The Morgan fingerprint density at radius 3 is 2.18 bits per heavy atom. The van der Waals surface area contributed by atoms with Crippen LogP contribution in [0.15, 0.2) is 103 Å². The summed E-state index contributed by atoms with van der Waals surface area (Å²) in [4.78, 5) is 29.1. The normalized spacial score (nSPS) is 11.4. The van der Waals surface area contributed by atoms with Crippen LogP contribution in [0.1, 0.15) is 28.3 Å². The number of amides is 2. The van der Waals surface area contributed by atoms with E-state index in [1.165, 1.54) is 17.0 Å². The van der Waals surface area contributed by atoms with Gasteiger partial charge in [0.25, 0.3) is 0 Å². The molecule has 38 heavy (non-hydrogen) atoms. The molecule has 4 aromatic rings. The van der Waals surface area contributed by atoms with Gasteiger partial charge in [-0.15, -0.1) is 0 Å². The maximum absolute atomic E-state index is 13.8. The summed E-state index contributed by atoms with van der Waals surface area (Å²) in [5, 5.41) is 3.56. The Morgan fingerprint density at radius 1 is 0.868 bits per heavy atom. The van der Waals surface area contributed by atoms with Crippen molar-refractivity contribution in [3.63, 3.8) is 0 Å². The number of carbonyl (C=O) groups is 2. The molecule has 1 N–H and O–H groups in total. The van der Waals surface area contributed by atoms with Crippen LogP contribution in [-0.2, 0) is 29.1 Å². The third-order valence-electron chi connectivity index (χ3n) is 6.18. The van der Waals surface area contributed by atoms with Crippen molar-refractivity contribution in [1.82, 2.24) is 10.2 Å². The minimum atomic E-state index is -0.921. The lowest BCUT2D eigenvalue weighted by atomic mass is 10.0. The maximum atomic E-state index is 13.8. The first-order valence-electron chi connectivity index (χ1n) is 12.2. The van der Waals surface area contributed by atoms with Crippen LogP contribution in [0.4, 0.5) is 4.39 Å². The van der Waals surface area contributed by atoms with E-state index in [1.54, 1.807) is 43.5 Å². The van der Waals surface area contributed by atoms with Gasteiger partial charge in [-0.25, -0.2) is 4.39 Å². The third-order valence-corrected chi connectivity index (χ3v) is 6.43. The number of nitrogens with zero attached hydrogens (tertiary/aromatic N) is 1. The van der Waals surface area contributed by atoms with Crippen molar-refractivity contribution in [3.8, 4) is 5.75 Å². The number of benzene rings is 4. The van der Waals surface area contributed by atoms with E-state index in [2.05, 4.69) is 5.32 Å². The van der Waals surface area contributed by atoms with Gasteiger partial charge in [0, 0.05) is 23.7 Å². The first-order chi connectivity index (χ1) is 18.4. The molecule has 0 radical (unpaired) electrons. The lowest BCUT2D eigenvalue weighted by Crippen LogP contribution is -2.43. The van der Waals surface area contributed by atoms with E-state index >= 15 is 0 Å².